The summed E-state index contributed by atoms with van der Waals surface area (Å²) in [4.78, 5) is 12.7. The number of thioether (sulfide) groups is 1. The molecule has 0 unspecified atom stereocenters. The van der Waals surface area contributed by atoms with Crippen LogP contribution in [0.1, 0.15) is 19.3 Å². The highest BCUT2D eigenvalue weighted by molar-refractivity contribution is 7.99. The maximum atomic E-state index is 11.6. The van der Waals surface area contributed by atoms with Gasteiger partial charge < -0.3 is 0 Å². The Balaban J connectivity index is 1.94. The van der Waals surface area contributed by atoms with Gasteiger partial charge in [0.15, 0.2) is 5.78 Å². The quantitative estimate of drug-likeness (QED) is 0.753. The Bertz CT molecular complexity index is 408. The number of rotatable bonds is 3. The summed E-state index contributed by atoms with van der Waals surface area (Å²) in [5.74, 6) is 1.09. The normalized spacial score (nSPS) is 16.1. The summed E-state index contributed by atoms with van der Waals surface area (Å²) in [6.45, 7) is 0. The molecule has 0 saturated carbocycles. The average Bonchev–Trinajstić information content (AvgIpc) is 2.30. The van der Waals surface area contributed by atoms with Crippen LogP contribution in [-0.2, 0) is 4.79 Å². The van der Waals surface area contributed by atoms with E-state index in [2.05, 4.69) is 6.08 Å². The number of hydrogen-bond donors (Lipinski definition) is 0. The van der Waals surface area contributed by atoms with Gasteiger partial charge in [0, 0.05) is 27.7 Å². The topological polar surface area (TPSA) is 17.1 Å². The zero-order valence-electron chi connectivity index (χ0n) is 8.91. The molecule has 84 valence electrons. The van der Waals surface area contributed by atoms with E-state index in [9.17, 15) is 4.79 Å². The molecule has 0 saturated heterocycles. The Labute approximate surface area is 105 Å². The predicted octanol–water partition coefficient (Wildman–Crippen LogP) is 4.11. The van der Waals surface area contributed by atoms with Gasteiger partial charge in [0.25, 0.3) is 0 Å². The van der Waals surface area contributed by atoms with E-state index >= 15 is 0 Å². The van der Waals surface area contributed by atoms with Crippen LogP contribution in [0.5, 0.6) is 0 Å². The van der Waals surface area contributed by atoms with Gasteiger partial charge in [0.1, 0.15) is 0 Å². The van der Waals surface area contributed by atoms with Crippen LogP contribution >= 0.6 is 23.4 Å². The molecule has 0 amide bonds. The van der Waals surface area contributed by atoms with Crippen LogP contribution in [-0.4, -0.2) is 11.5 Å². The molecule has 1 aromatic carbocycles. The SMILES string of the molecule is O=C1CCCC=C1CSc1ccc(Cl)cc1. The molecule has 1 aliphatic rings. The van der Waals surface area contributed by atoms with Crippen molar-refractivity contribution >= 4 is 29.1 Å². The Kier molecular flexibility index (Phi) is 4.08. The molecule has 0 N–H and O–H groups in total. The Morgan fingerprint density at radius 3 is 2.69 bits per heavy atom. The fraction of sp³-hybridized carbons (Fsp3) is 0.308. The lowest BCUT2D eigenvalue weighted by Gasteiger charge is -2.11. The molecule has 2 rings (SSSR count). The van der Waals surface area contributed by atoms with Crippen LogP contribution in [0, 0.1) is 0 Å². The fourth-order valence-electron chi connectivity index (χ4n) is 1.64. The van der Waals surface area contributed by atoms with Gasteiger partial charge in [-0.1, -0.05) is 17.7 Å². The first kappa shape index (κ1) is 11.7. The minimum Gasteiger partial charge on any atom is -0.295 e. The van der Waals surface area contributed by atoms with Crippen molar-refractivity contribution in [2.75, 3.05) is 5.75 Å². The molecular formula is C13H13ClOS. The highest BCUT2D eigenvalue weighted by atomic mass is 35.5. The van der Waals surface area contributed by atoms with E-state index < -0.39 is 0 Å². The van der Waals surface area contributed by atoms with Gasteiger partial charge in [-0.3, -0.25) is 4.79 Å². The largest absolute Gasteiger partial charge is 0.295 e. The summed E-state index contributed by atoms with van der Waals surface area (Å²) in [5.41, 5.74) is 0.978. The summed E-state index contributed by atoms with van der Waals surface area (Å²) in [5, 5.41) is 0.748. The Morgan fingerprint density at radius 2 is 2.00 bits per heavy atom. The molecule has 0 heterocycles. The lowest BCUT2D eigenvalue weighted by atomic mass is 10.00. The molecule has 16 heavy (non-hydrogen) atoms. The highest BCUT2D eigenvalue weighted by Gasteiger charge is 2.13. The smallest absolute Gasteiger partial charge is 0.159 e. The summed E-state index contributed by atoms with van der Waals surface area (Å²) >= 11 is 7.50. The molecule has 1 aliphatic carbocycles. The van der Waals surface area contributed by atoms with Crippen LogP contribution in [0.3, 0.4) is 0 Å². The number of benzene rings is 1. The first-order valence-electron chi connectivity index (χ1n) is 5.36. The van der Waals surface area contributed by atoms with Gasteiger partial charge >= 0.3 is 0 Å². The zero-order chi connectivity index (χ0) is 11.4. The van der Waals surface area contributed by atoms with Crippen molar-refractivity contribution in [1.29, 1.82) is 0 Å². The summed E-state index contributed by atoms with van der Waals surface area (Å²) in [6.07, 6.45) is 4.85. The monoisotopic (exact) mass is 252 g/mol. The Hall–Kier alpha value is -0.730. The van der Waals surface area contributed by atoms with Gasteiger partial charge in [0.05, 0.1) is 0 Å². The second-order valence-corrected chi connectivity index (χ2v) is 5.27. The third-order valence-electron chi connectivity index (χ3n) is 2.56. The number of carbonyl (C=O) groups excluding carboxylic acids is 1. The van der Waals surface area contributed by atoms with Crippen molar-refractivity contribution in [2.24, 2.45) is 0 Å². The molecule has 0 atom stereocenters. The highest BCUT2D eigenvalue weighted by Crippen LogP contribution is 2.25. The molecule has 0 aromatic heterocycles. The summed E-state index contributed by atoms with van der Waals surface area (Å²) in [6, 6.07) is 7.73. The van der Waals surface area contributed by atoms with Crippen molar-refractivity contribution in [2.45, 2.75) is 24.2 Å². The van der Waals surface area contributed by atoms with Crippen molar-refractivity contribution in [3.8, 4) is 0 Å². The summed E-state index contributed by atoms with van der Waals surface area (Å²) in [7, 11) is 0. The second kappa shape index (κ2) is 5.55. The van der Waals surface area contributed by atoms with E-state index in [1.54, 1.807) is 11.8 Å². The minimum atomic E-state index is 0.313. The van der Waals surface area contributed by atoms with Gasteiger partial charge in [0.2, 0.25) is 0 Å². The zero-order valence-corrected chi connectivity index (χ0v) is 10.5. The third-order valence-corrected chi connectivity index (χ3v) is 3.88. The van der Waals surface area contributed by atoms with E-state index in [0.717, 1.165) is 34.1 Å². The van der Waals surface area contributed by atoms with Crippen LogP contribution in [0.15, 0.2) is 40.8 Å². The lowest BCUT2D eigenvalue weighted by molar-refractivity contribution is -0.115. The van der Waals surface area contributed by atoms with Crippen molar-refractivity contribution in [3.63, 3.8) is 0 Å². The van der Waals surface area contributed by atoms with Crippen molar-refractivity contribution < 1.29 is 4.79 Å². The predicted molar refractivity (Wildman–Crippen MR) is 69.1 cm³/mol. The maximum absolute atomic E-state index is 11.6. The first-order valence-corrected chi connectivity index (χ1v) is 6.72. The lowest BCUT2D eigenvalue weighted by Crippen LogP contribution is -2.08. The molecule has 0 radical (unpaired) electrons. The molecular weight excluding hydrogens is 240 g/mol. The van der Waals surface area contributed by atoms with E-state index in [-0.39, 0.29) is 0 Å². The van der Waals surface area contributed by atoms with Crippen LogP contribution in [0.4, 0.5) is 0 Å². The number of ketones is 1. The molecule has 0 aliphatic heterocycles. The van der Waals surface area contributed by atoms with Crippen LogP contribution < -0.4 is 0 Å². The van der Waals surface area contributed by atoms with Crippen molar-refractivity contribution in [3.05, 3.63) is 40.9 Å². The third kappa shape index (κ3) is 3.13. The summed E-state index contributed by atoms with van der Waals surface area (Å²) < 4.78 is 0. The minimum absolute atomic E-state index is 0.313. The van der Waals surface area contributed by atoms with Crippen LogP contribution in [0.25, 0.3) is 0 Å². The maximum Gasteiger partial charge on any atom is 0.159 e. The van der Waals surface area contributed by atoms with E-state index in [1.807, 2.05) is 24.3 Å². The van der Waals surface area contributed by atoms with E-state index in [1.165, 1.54) is 0 Å². The van der Waals surface area contributed by atoms with Crippen molar-refractivity contribution in [1.82, 2.24) is 0 Å². The number of hydrogen-bond acceptors (Lipinski definition) is 2. The molecule has 0 spiro atoms. The van der Waals surface area contributed by atoms with E-state index in [4.69, 9.17) is 11.6 Å². The average molecular weight is 253 g/mol. The number of carbonyl (C=O) groups is 1. The van der Waals surface area contributed by atoms with Crippen LogP contribution in [0.2, 0.25) is 5.02 Å². The molecule has 0 bridgehead atoms. The molecule has 0 fully saturated rings. The standard InChI is InChI=1S/C13H13ClOS/c14-11-5-7-12(8-6-11)16-9-10-3-1-2-4-13(10)15/h3,5-8H,1-2,4,9H2. The van der Waals surface area contributed by atoms with Gasteiger partial charge in [-0.05, 0) is 37.1 Å². The molecule has 3 heteroatoms. The Morgan fingerprint density at radius 1 is 1.25 bits per heavy atom. The second-order valence-electron chi connectivity index (χ2n) is 3.79. The molecule has 1 nitrogen and oxygen atoms in total. The first-order chi connectivity index (χ1) is 7.75. The number of allylic oxidation sites excluding steroid dienone is 1. The van der Waals surface area contributed by atoms with Gasteiger partial charge in [-0.15, -0.1) is 11.8 Å². The molecule has 1 aromatic rings. The number of halogens is 1. The van der Waals surface area contributed by atoms with E-state index in [0.29, 0.717) is 12.2 Å². The van der Waals surface area contributed by atoms with Gasteiger partial charge in [-0.2, -0.15) is 0 Å². The number of Topliss-reactive ketones (excluding diaryl/α,β-unsaturated/α-hetero) is 1. The fourth-order valence-corrected chi connectivity index (χ4v) is 2.70. The van der Waals surface area contributed by atoms with Gasteiger partial charge in [-0.25, -0.2) is 0 Å².